The van der Waals surface area contributed by atoms with Crippen molar-refractivity contribution in [1.82, 2.24) is 9.55 Å². The number of aryl methyl sites for hydroxylation is 3. The minimum atomic E-state index is -0.0293. The summed E-state index contributed by atoms with van der Waals surface area (Å²) in [4.78, 5) is 17.9. The SMILES string of the molecule is COc1ccc2occ(CCc3nc4cc(C)ccc4n3-c3ccccc3)c(=O)c2c1. The van der Waals surface area contributed by atoms with E-state index in [9.17, 15) is 4.79 Å². The first-order chi connectivity index (χ1) is 15.1. The summed E-state index contributed by atoms with van der Waals surface area (Å²) in [5.74, 6) is 1.55. The highest BCUT2D eigenvalue weighted by atomic mass is 16.5. The van der Waals surface area contributed by atoms with Gasteiger partial charge in [-0.25, -0.2) is 4.98 Å². The van der Waals surface area contributed by atoms with Gasteiger partial charge >= 0.3 is 0 Å². The number of ether oxygens (including phenoxy) is 1. The number of imidazole rings is 1. The van der Waals surface area contributed by atoms with Crippen LogP contribution in [0.2, 0.25) is 0 Å². The van der Waals surface area contributed by atoms with Crippen molar-refractivity contribution >= 4 is 22.0 Å². The van der Waals surface area contributed by atoms with Crippen molar-refractivity contribution in [3.05, 3.63) is 100 Å². The van der Waals surface area contributed by atoms with Gasteiger partial charge in [-0.05, 0) is 61.4 Å². The lowest BCUT2D eigenvalue weighted by atomic mass is 10.1. The number of aromatic nitrogens is 2. The zero-order valence-corrected chi connectivity index (χ0v) is 17.5. The summed E-state index contributed by atoms with van der Waals surface area (Å²) in [7, 11) is 1.59. The monoisotopic (exact) mass is 410 g/mol. The summed E-state index contributed by atoms with van der Waals surface area (Å²) >= 11 is 0. The molecule has 0 fully saturated rings. The van der Waals surface area contributed by atoms with Crippen LogP contribution < -0.4 is 10.2 Å². The first-order valence-electron chi connectivity index (χ1n) is 10.3. The Labute approximate surface area is 179 Å². The Hall–Kier alpha value is -3.86. The fourth-order valence-corrected chi connectivity index (χ4v) is 3.97. The molecule has 5 nitrogen and oxygen atoms in total. The van der Waals surface area contributed by atoms with Crippen LogP contribution in [0.25, 0.3) is 27.7 Å². The molecule has 0 unspecified atom stereocenters. The van der Waals surface area contributed by atoms with Crippen LogP contribution in [0, 0.1) is 6.92 Å². The number of para-hydroxylation sites is 1. The van der Waals surface area contributed by atoms with E-state index in [4.69, 9.17) is 14.1 Å². The molecule has 31 heavy (non-hydrogen) atoms. The van der Waals surface area contributed by atoms with E-state index in [1.54, 1.807) is 31.6 Å². The molecule has 0 N–H and O–H groups in total. The number of nitrogens with zero attached hydrogens (tertiary/aromatic N) is 2. The van der Waals surface area contributed by atoms with Crippen LogP contribution in [0.15, 0.2) is 82.2 Å². The number of hydrogen-bond acceptors (Lipinski definition) is 4. The van der Waals surface area contributed by atoms with E-state index in [1.807, 2.05) is 18.2 Å². The molecule has 5 heteroatoms. The van der Waals surface area contributed by atoms with Gasteiger partial charge in [-0.2, -0.15) is 0 Å². The van der Waals surface area contributed by atoms with E-state index in [2.05, 4.69) is 41.8 Å². The largest absolute Gasteiger partial charge is 0.497 e. The van der Waals surface area contributed by atoms with Gasteiger partial charge in [0, 0.05) is 17.7 Å². The van der Waals surface area contributed by atoms with E-state index in [0.29, 0.717) is 35.1 Å². The first kappa shape index (κ1) is 19.1. The molecule has 0 saturated carbocycles. The molecule has 0 atom stereocenters. The number of benzene rings is 3. The second-order valence-corrected chi connectivity index (χ2v) is 7.64. The van der Waals surface area contributed by atoms with Crippen LogP contribution in [0.5, 0.6) is 5.75 Å². The van der Waals surface area contributed by atoms with Gasteiger partial charge in [-0.1, -0.05) is 24.3 Å². The van der Waals surface area contributed by atoms with Crippen molar-refractivity contribution in [3.8, 4) is 11.4 Å². The van der Waals surface area contributed by atoms with Crippen molar-refractivity contribution in [2.45, 2.75) is 19.8 Å². The molecular formula is C26H22N2O3. The number of fused-ring (bicyclic) bond motifs is 2. The average molecular weight is 410 g/mol. The third kappa shape index (κ3) is 3.48. The van der Waals surface area contributed by atoms with Crippen molar-refractivity contribution in [2.24, 2.45) is 0 Å². The van der Waals surface area contributed by atoms with E-state index < -0.39 is 0 Å². The fraction of sp³-hybridized carbons (Fsp3) is 0.154. The summed E-state index contributed by atoms with van der Waals surface area (Å²) in [6.45, 7) is 2.06. The van der Waals surface area contributed by atoms with Gasteiger partial charge in [-0.3, -0.25) is 9.36 Å². The summed E-state index contributed by atoms with van der Waals surface area (Å²) in [6.07, 6.45) is 2.71. The molecule has 154 valence electrons. The Morgan fingerprint density at radius 3 is 2.65 bits per heavy atom. The molecule has 5 rings (SSSR count). The number of methoxy groups -OCH3 is 1. The third-order valence-corrected chi connectivity index (χ3v) is 5.56. The van der Waals surface area contributed by atoms with Gasteiger partial charge in [0.25, 0.3) is 0 Å². The quantitative estimate of drug-likeness (QED) is 0.398. The molecule has 0 spiro atoms. The molecule has 2 aromatic heterocycles. The second-order valence-electron chi connectivity index (χ2n) is 7.64. The van der Waals surface area contributed by atoms with Crippen LogP contribution in [-0.4, -0.2) is 16.7 Å². The topological polar surface area (TPSA) is 57.3 Å². The third-order valence-electron chi connectivity index (χ3n) is 5.56. The highest BCUT2D eigenvalue weighted by Crippen LogP contribution is 2.24. The smallest absolute Gasteiger partial charge is 0.195 e. The molecule has 0 aliphatic carbocycles. The normalized spacial score (nSPS) is 11.3. The van der Waals surface area contributed by atoms with Gasteiger partial charge in [0.05, 0.1) is 29.8 Å². The van der Waals surface area contributed by atoms with Crippen LogP contribution in [0.3, 0.4) is 0 Å². The van der Waals surface area contributed by atoms with Crippen LogP contribution in [0.1, 0.15) is 17.0 Å². The molecule has 5 aromatic rings. The Morgan fingerprint density at radius 2 is 1.84 bits per heavy atom. The molecule has 2 heterocycles. The minimum absolute atomic E-state index is 0.0293. The maximum atomic E-state index is 13.0. The number of hydrogen-bond donors (Lipinski definition) is 0. The molecule has 0 aliphatic heterocycles. The zero-order chi connectivity index (χ0) is 21.4. The Kier molecular flexibility index (Phi) is 4.79. The van der Waals surface area contributed by atoms with Crippen molar-refractivity contribution in [1.29, 1.82) is 0 Å². The summed E-state index contributed by atoms with van der Waals surface area (Å²) in [6, 6.07) is 21.7. The number of rotatable bonds is 5. The molecule has 0 amide bonds. The predicted molar refractivity (Wildman–Crippen MR) is 122 cm³/mol. The highest BCUT2D eigenvalue weighted by Gasteiger charge is 2.15. The van der Waals surface area contributed by atoms with E-state index in [-0.39, 0.29) is 5.43 Å². The molecule has 0 saturated heterocycles. The van der Waals surface area contributed by atoms with E-state index in [1.165, 1.54) is 5.56 Å². The molecule has 0 radical (unpaired) electrons. The van der Waals surface area contributed by atoms with Crippen LogP contribution in [-0.2, 0) is 12.8 Å². The predicted octanol–water partition coefficient (Wildman–Crippen LogP) is 5.23. The van der Waals surface area contributed by atoms with Crippen molar-refractivity contribution in [2.75, 3.05) is 7.11 Å². The zero-order valence-electron chi connectivity index (χ0n) is 17.5. The van der Waals surface area contributed by atoms with Crippen LogP contribution >= 0.6 is 0 Å². The average Bonchev–Trinajstić information content (AvgIpc) is 3.16. The first-order valence-corrected chi connectivity index (χ1v) is 10.3. The highest BCUT2D eigenvalue weighted by molar-refractivity contribution is 5.80. The van der Waals surface area contributed by atoms with Crippen molar-refractivity contribution < 1.29 is 9.15 Å². The summed E-state index contributed by atoms with van der Waals surface area (Å²) < 4.78 is 13.1. The van der Waals surface area contributed by atoms with Crippen molar-refractivity contribution in [3.63, 3.8) is 0 Å². The Balaban J connectivity index is 1.56. The van der Waals surface area contributed by atoms with Gasteiger partial charge in [0.2, 0.25) is 0 Å². The maximum Gasteiger partial charge on any atom is 0.195 e. The Morgan fingerprint density at radius 1 is 1.00 bits per heavy atom. The van der Waals surface area contributed by atoms with E-state index >= 15 is 0 Å². The molecular weight excluding hydrogens is 388 g/mol. The molecule has 3 aromatic carbocycles. The van der Waals surface area contributed by atoms with E-state index in [0.717, 1.165) is 22.5 Å². The molecule has 0 aliphatic rings. The Bertz CT molecular complexity index is 1450. The fourth-order valence-electron chi connectivity index (χ4n) is 3.97. The summed E-state index contributed by atoms with van der Waals surface area (Å²) in [5, 5.41) is 0.532. The molecule has 0 bridgehead atoms. The standard InChI is InChI=1S/C26H22N2O3/c1-17-8-11-23-22(14-17)27-25(28(23)19-6-4-3-5-7-19)13-9-18-16-31-24-12-10-20(30-2)15-21(24)26(18)29/h3-8,10-12,14-16H,9,13H2,1-2H3. The maximum absolute atomic E-state index is 13.0. The lowest BCUT2D eigenvalue weighted by Crippen LogP contribution is -2.11. The lowest BCUT2D eigenvalue weighted by molar-refractivity contribution is 0.415. The minimum Gasteiger partial charge on any atom is -0.497 e. The second kappa shape index (κ2) is 7.76. The van der Waals surface area contributed by atoms with Gasteiger partial charge in [0.15, 0.2) is 5.43 Å². The lowest BCUT2D eigenvalue weighted by Gasteiger charge is -2.09. The van der Waals surface area contributed by atoms with Gasteiger partial charge in [-0.15, -0.1) is 0 Å². The van der Waals surface area contributed by atoms with Gasteiger partial charge < -0.3 is 9.15 Å². The summed E-state index contributed by atoms with van der Waals surface area (Å²) in [5.41, 5.74) is 5.39. The van der Waals surface area contributed by atoms with Crippen LogP contribution in [0.4, 0.5) is 0 Å². The van der Waals surface area contributed by atoms with Gasteiger partial charge in [0.1, 0.15) is 17.2 Å².